The van der Waals surface area contributed by atoms with E-state index in [0.717, 1.165) is 11.3 Å². The Morgan fingerprint density at radius 2 is 2.06 bits per heavy atom. The van der Waals surface area contributed by atoms with Crippen molar-refractivity contribution in [3.63, 3.8) is 0 Å². The first-order chi connectivity index (χ1) is 8.67. The van der Waals surface area contributed by atoms with Gasteiger partial charge in [-0.25, -0.2) is 4.79 Å². The number of hydrogen-bond acceptors (Lipinski definition) is 3. The molecule has 0 bridgehead atoms. The maximum Gasteiger partial charge on any atom is 0.331 e. The SMILES string of the molecule is CC/C(=C/CNCc1ccc(OC)cc1)C(=O)O. The minimum atomic E-state index is -0.844. The number of hydrogen-bond donors (Lipinski definition) is 2. The maximum atomic E-state index is 10.8. The summed E-state index contributed by atoms with van der Waals surface area (Å²) in [7, 11) is 1.64. The van der Waals surface area contributed by atoms with Crippen molar-refractivity contribution >= 4 is 5.97 Å². The molecule has 98 valence electrons. The zero-order valence-electron chi connectivity index (χ0n) is 10.8. The molecule has 0 aliphatic rings. The molecule has 0 saturated heterocycles. The van der Waals surface area contributed by atoms with Crippen LogP contribution >= 0.6 is 0 Å². The molecule has 0 unspecified atom stereocenters. The smallest absolute Gasteiger partial charge is 0.331 e. The van der Waals surface area contributed by atoms with Gasteiger partial charge in [0.05, 0.1) is 7.11 Å². The fraction of sp³-hybridized carbons (Fsp3) is 0.357. The average molecular weight is 249 g/mol. The molecule has 0 aliphatic carbocycles. The van der Waals surface area contributed by atoms with Gasteiger partial charge < -0.3 is 15.2 Å². The second kappa shape index (κ2) is 7.50. The number of rotatable bonds is 7. The first-order valence-electron chi connectivity index (χ1n) is 5.93. The molecule has 4 nitrogen and oxygen atoms in total. The van der Waals surface area contributed by atoms with Gasteiger partial charge in [0.1, 0.15) is 5.75 Å². The lowest BCUT2D eigenvalue weighted by Gasteiger charge is -2.04. The molecule has 18 heavy (non-hydrogen) atoms. The first kappa shape index (κ1) is 14.3. The largest absolute Gasteiger partial charge is 0.497 e. The minimum Gasteiger partial charge on any atom is -0.497 e. The predicted molar refractivity (Wildman–Crippen MR) is 70.7 cm³/mol. The number of aliphatic carboxylic acids is 1. The van der Waals surface area contributed by atoms with E-state index >= 15 is 0 Å². The van der Waals surface area contributed by atoms with Crippen molar-refractivity contribution in [3.8, 4) is 5.75 Å². The molecule has 0 fully saturated rings. The predicted octanol–water partition coefficient (Wildman–Crippen LogP) is 2.21. The minimum absolute atomic E-state index is 0.442. The van der Waals surface area contributed by atoms with Crippen LogP contribution < -0.4 is 10.1 Å². The van der Waals surface area contributed by atoms with Crippen LogP contribution in [0.1, 0.15) is 18.9 Å². The Hall–Kier alpha value is -1.81. The molecule has 0 saturated carbocycles. The summed E-state index contributed by atoms with van der Waals surface area (Å²) in [6, 6.07) is 7.77. The molecular weight excluding hydrogens is 230 g/mol. The zero-order chi connectivity index (χ0) is 13.4. The van der Waals surface area contributed by atoms with E-state index in [2.05, 4.69) is 5.32 Å². The first-order valence-corrected chi connectivity index (χ1v) is 5.93. The van der Waals surface area contributed by atoms with E-state index in [1.807, 2.05) is 31.2 Å². The van der Waals surface area contributed by atoms with Gasteiger partial charge in [-0.15, -0.1) is 0 Å². The van der Waals surface area contributed by atoms with Gasteiger partial charge in [-0.05, 0) is 24.1 Å². The lowest BCUT2D eigenvalue weighted by Crippen LogP contribution is -2.14. The van der Waals surface area contributed by atoms with Crippen LogP contribution in [0, 0.1) is 0 Å². The summed E-state index contributed by atoms with van der Waals surface area (Å²) < 4.78 is 5.07. The average Bonchev–Trinajstić information content (AvgIpc) is 2.39. The van der Waals surface area contributed by atoms with Crippen LogP contribution in [0.2, 0.25) is 0 Å². The van der Waals surface area contributed by atoms with E-state index in [1.165, 1.54) is 0 Å². The number of methoxy groups -OCH3 is 1. The molecule has 0 amide bonds. The summed E-state index contributed by atoms with van der Waals surface area (Å²) in [4.78, 5) is 10.8. The molecule has 0 aromatic heterocycles. The lowest BCUT2D eigenvalue weighted by atomic mass is 10.2. The van der Waals surface area contributed by atoms with Crippen molar-refractivity contribution in [1.82, 2.24) is 5.32 Å². The van der Waals surface area contributed by atoms with Gasteiger partial charge in [0.25, 0.3) is 0 Å². The van der Waals surface area contributed by atoms with Gasteiger partial charge >= 0.3 is 5.97 Å². The van der Waals surface area contributed by atoms with E-state index in [-0.39, 0.29) is 0 Å². The van der Waals surface area contributed by atoms with Gasteiger partial charge in [0.2, 0.25) is 0 Å². The summed E-state index contributed by atoms with van der Waals surface area (Å²) in [5, 5.41) is 12.0. The van der Waals surface area contributed by atoms with Gasteiger partial charge in [0, 0.05) is 18.7 Å². The summed E-state index contributed by atoms with van der Waals surface area (Å²) in [6.45, 7) is 3.10. The van der Waals surface area contributed by atoms with Crippen LogP contribution in [0.15, 0.2) is 35.9 Å². The molecule has 0 radical (unpaired) electrons. The molecule has 1 aromatic carbocycles. The van der Waals surface area contributed by atoms with Crippen molar-refractivity contribution in [2.24, 2.45) is 0 Å². The topological polar surface area (TPSA) is 58.6 Å². The van der Waals surface area contributed by atoms with Crippen molar-refractivity contribution in [2.75, 3.05) is 13.7 Å². The third-order valence-corrected chi connectivity index (χ3v) is 2.64. The highest BCUT2D eigenvalue weighted by molar-refractivity contribution is 5.86. The van der Waals surface area contributed by atoms with Crippen LogP contribution in [0.5, 0.6) is 5.75 Å². The van der Waals surface area contributed by atoms with Gasteiger partial charge in [-0.2, -0.15) is 0 Å². The number of ether oxygens (including phenoxy) is 1. The van der Waals surface area contributed by atoms with Crippen LogP contribution in [0.25, 0.3) is 0 Å². The number of carboxylic acids is 1. The van der Waals surface area contributed by atoms with E-state index < -0.39 is 5.97 Å². The van der Waals surface area contributed by atoms with Crippen LogP contribution in [0.4, 0.5) is 0 Å². The molecular formula is C14H19NO3. The molecule has 1 rings (SSSR count). The molecule has 0 heterocycles. The highest BCUT2D eigenvalue weighted by Crippen LogP contribution is 2.10. The normalized spacial score (nSPS) is 11.3. The third-order valence-electron chi connectivity index (χ3n) is 2.64. The Bertz CT molecular complexity index is 410. The van der Waals surface area contributed by atoms with Gasteiger partial charge in [-0.1, -0.05) is 25.1 Å². The molecule has 2 N–H and O–H groups in total. The van der Waals surface area contributed by atoms with E-state index in [4.69, 9.17) is 9.84 Å². The monoisotopic (exact) mass is 249 g/mol. The second-order valence-electron chi connectivity index (χ2n) is 3.87. The standard InChI is InChI=1S/C14H19NO3/c1-3-12(14(16)17)8-9-15-10-11-4-6-13(18-2)7-5-11/h4-8,15H,3,9-10H2,1-2H3,(H,16,17)/b12-8-. The highest BCUT2D eigenvalue weighted by Gasteiger charge is 2.02. The molecule has 0 atom stereocenters. The highest BCUT2D eigenvalue weighted by atomic mass is 16.5. The number of carboxylic acid groups (broad SMARTS) is 1. The lowest BCUT2D eigenvalue weighted by molar-refractivity contribution is -0.132. The molecule has 4 heteroatoms. The Balaban J connectivity index is 2.39. The fourth-order valence-corrected chi connectivity index (χ4v) is 1.54. The molecule has 1 aromatic rings. The fourth-order valence-electron chi connectivity index (χ4n) is 1.54. The third kappa shape index (κ3) is 4.59. The van der Waals surface area contributed by atoms with Crippen molar-refractivity contribution < 1.29 is 14.6 Å². The van der Waals surface area contributed by atoms with Crippen LogP contribution in [-0.2, 0) is 11.3 Å². The summed E-state index contributed by atoms with van der Waals surface area (Å²) >= 11 is 0. The van der Waals surface area contributed by atoms with Crippen LogP contribution in [-0.4, -0.2) is 24.7 Å². The van der Waals surface area contributed by atoms with E-state index in [1.54, 1.807) is 13.2 Å². The number of carbonyl (C=O) groups is 1. The quantitative estimate of drug-likeness (QED) is 0.574. The zero-order valence-corrected chi connectivity index (χ0v) is 10.8. The maximum absolute atomic E-state index is 10.8. The Morgan fingerprint density at radius 3 is 2.56 bits per heavy atom. The Labute approximate surface area is 107 Å². The van der Waals surface area contributed by atoms with Crippen molar-refractivity contribution in [3.05, 3.63) is 41.5 Å². The van der Waals surface area contributed by atoms with Gasteiger partial charge in [-0.3, -0.25) is 0 Å². The van der Waals surface area contributed by atoms with E-state index in [9.17, 15) is 4.79 Å². The Morgan fingerprint density at radius 1 is 1.39 bits per heavy atom. The van der Waals surface area contributed by atoms with E-state index in [0.29, 0.717) is 25.1 Å². The van der Waals surface area contributed by atoms with Crippen molar-refractivity contribution in [2.45, 2.75) is 19.9 Å². The number of nitrogens with one attached hydrogen (secondary N) is 1. The van der Waals surface area contributed by atoms with Crippen molar-refractivity contribution in [1.29, 1.82) is 0 Å². The summed E-state index contributed by atoms with van der Waals surface area (Å²) in [5.74, 6) is -0.0125. The Kier molecular flexibility index (Phi) is 5.94. The van der Waals surface area contributed by atoms with Gasteiger partial charge in [0.15, 0.2) is 0 Å². The molecule has 0 spiro atoms. The number of benzene rings is 1. The summed E-state index contributed by atoms with van der Waals surface area (Å²) in [6.07, 6.45) is 2.26. The molecule has 0 aliphatic heterocycles. The van der Waals surface area contributed by atoms with Crippen LogP contribution in [0.3, 0.4) is 0 Å². The second-order valence-corrected chi connectivity index (χ2v) is 3.87. The summed E-state index contributed by atoms with van der Waals surface area (Å²) in [5.41, 5.74) is 1.58.